The lowest BCUT2D eigenvalue weighted by atomic mass is 9.69. The van der Waals surface area contributed by atoms with E-state index in [1.165, 1.54) is 29.2 Å². The van der Waals surface area contributed by atoms with Crippen LogP contribution in [-0.4, -0.2) is 36.3 Å². The Kier molecular flexibility index (Phi) is 26.7. The summed E-state index contributed by atoms with van der Waals surface area (Å²) in [6.45, 7) is 22.9. The van der Waals surface area contributed by atoms with E-state index in [9.17, 15) is 4.79 Å². The van der Waals surface area contributed by atoms with Gasteiger partial charge in [-0.1, -0.05) is 154 Å². The van der Waals surface area contributed by atoms with E-state index in [4.69, 9.17) is 9.72 Å². The van der Waals surface area contributed by atoms with Crippen LogP contribution in [0.5, 0.6) is 0 Å². The van der Waals surface area contributed by atoms with Crippen molar-refractivity contribution in [1.29, 1.82) is 0 Å². The van der Waals surface area contributed by atoms with Crippen molar-refractivity contribution in [1.82, 2.24) is 9.97 Å². The van der Waals surface area contributed by atoms with Gasteiger partial charge in [0.2, 0.25) is 0 Å². The molecule has 3 aromatic carbocycles. The zero-order chi connectivity index (χ0) is 34.5. The average Bonchev–Trinajstić information content (AvgIpc) is 3.44. The molecule has 0 atom stereocenters. The Morgan fingerprint density at radius 1 is 0.644 bits per heavy atom. The Labute approximate surface area is 275 Å². The van der Waals surface area contributed by atoms with E-state index in [0.717, 1.165) is 30.8 Å². The number of carbonyl (C=O) groups is 1. The fraction of sp³-hybridized carbons (Fsp3) is 0.425. The fourth-order valence-corrected chi connectivity index (χ4v) is 4.53. The molecule has 0 unspecified atom stereocenters. The van der Waals surface area contributed by atoms with Crippen LogP contribution >= 0.6 is 0 Å². The van der Waals surface area contributed by atoms with Gasteiger partial charge in [-0.3, -0.25) is 14.8 Å². The first-order valence-electron chi connectivity index (χ1n) is 16.8. The molecule has 0 saturated heterocycles. The second kappa shape index (κ2) is 27.7. The van der Waals surface area contributed by atoms with E-state index < -0.39 is 5.41 Å². The molecule has 45 heavy (non-hydrogen) atoms. The predicted octanol–water partition coefficient (Wildman–Crippen LogP) is 10.9. The number of hydrogen-bond donors (Lipinski definition) is 0. The van der Waals surface area contributed by atoms with Crippen LogP contribution in [0.25, 0.3) is 11.3 Å². The highest BCUT2D eigenvalue weighted by Gasteiger charge is 2.47. The van der Waals surface area contributed by atoms with Gasteiger partial charge in [-0.25, -0.2) is 0 Å². The van der Waals surface area contributed by atoms with E-state index in [2.05, 4.69) is 102 Å². The van der Waals surface area contributed by atoms with Crippen molar-refractivity contribution in [2.75, 3.05) is 20.3 Å². The Bertz CT molecular complexity index is 1160. The molecule has 0 fully saturated rings. The number of ether oxygens (including phenoxy) is 2. The molecule has 1 heterocycles. The van der Waals surface area contributed by atoms with Crippen LogP contribution in [0, 0.1) is 0 Å². The number of hydrogen-bond acceptors (Lipinski definition) is 5. The molecule has 1 aliphatic carbocycles. The molecule has 0 bridgehead atoms. The van der Waals surface area contributed by atoms with Crippen molar-refractivity contribution in [2.45, 2.75) is 94.4 Å². The number of carbonyl (C=O) groups excluding carboxylic acids is 1. The summed E-state index contributed by atoms with van der Waals surface area (Å²) in [5.74, 6) is -0.193. The first-order chi connectivity index (χ1) is 22.1. The average molecular weight is 617 g/mol. The maximum absolute atomic E-state index is 9.98. The summed E-state index contributed by atoms with van der Waals surface area (Å²) in [7, 11) is 1.71. The van der Waals surface area contributed by atoms with Gasteiger partial charge >= 0.3 is 5.97 Å². The standard InChI is InChI=1S/C23H16N2.C5H10O2.C4H10O.4C2H6/c1-3-9-17(10-4-1)23(18-11-5-2-6-12-18)20-14-8-7-13-19(20)21-22(23)25-16-15-24-21;1-3-4-7-5(2)6;1-3-4-5-2;4*1-2/h1-16H;3-4H2,1-2H3;3-4H2,1-2H3;4*1-2H3. The largest absolute Gasteiger partial charge is 0.466 e. The summed E-state index contributed by atoms with van der Waals surface area (Å²) in [4.78, 5) is 19.5. The molecule has 4 aromatic rings. The second-order valence-electron chi connectivity index (χ2n) is 8.61. The Balaban J connectivity index is 0. The molecule has 0 aliphatic heterocycles. The van der Waals surface area contributed by atoms with Gasteiger partial charge in [-0.15, -0.1) is 0 Å². The second-order valence-corrected chi connectivity index (χ2v) is 8.61. The van der Waals surface area contributed by atoms with Crippen molar-refractivity contribution in [3.05, 3.63) is 120 Å². The van der Waals surface area contributed by atoms with Crippen LogP contribution in [-0.2, 0) is 19.7 Å². The first kappa shape index (κ1) is 43.3. The third-order valence-corrected chi connectivity index (χ3v) is 5.97. The number of nitrogens with zero attached hydrogens (tertiary/aromatic N) is 2. The number of aromatic nitrogens is 2. The van der Waals surface area contributed by atoms with Crippen molar-refractivity contribution in [3.63, 3.8) is 0 Å². The Morgan fingerprint density at radius 2 is 1.09 bits per heavy atom. The van der Waals surface area contributed by atoms with E-state index in [-0.39, 0.29) is 5.97 Å². The summed E-state index contributed by atoms with van der Waals surface area (Å²) in [5, 5.41) is 0. The molecule has 5 rings (SSSR count). The van der Waals surface area contributed by atoms with Crippen LogP contribution < -0.4 is 0 Å². The number of fused-ring (bicyclic) bond motifs is 3. The molecule has 0 spiro atoms. The molecule has 1 aromatic heterocycles. The molecule has 248 valence electrons. The van der Waals surface area contributed by atoms with Gasteiger partial charge < -0.3 is 9.47 Å². The summed E-state index contributed by atoms with van der Waals surface area (Å²) in [6, 6.07) is 29.8. The third-order valence-electron chi connectivity index (χ3n) is 5.97. The molecular formula is C40H60N2O3. The minimum absolute atomic E-state index is 0.193. The van der Waals surface area contributed by atoms with Gasteiger partial charge in [0, 0.05) is 38.6 Å². The highest BCUT2D eigenvalue weighted by Crippen LogP contribution is 2.54. The van der Waals surface area contributed by atoms with Gasteiger partial charge in [0.15, 0.2) is 0 Å². The van der Waals surface area contributed by atoms with Gasteiger partial charge in [0.1, 0.15) is 0 Å². The molecule has 0 radical (unpaired) electrons. The van der Waals surface area contributed by atoms with Crippen molar-refractivity contribution >= 4 is 5.97 Å². The number of esters is 1. The smallest absolute Gasteiger partial charge is 0.302 e. The van der Waals surface area contributed by atoms with Crippen LogP contribution in [0.3, 0.4) is 0 Å². The molecule has 0 N–H and O–H groups in total. The summed E-state index contributed by atoms with van der Waals surface area (Å²) in [5.41, 5.74) is 6.40. The topological polar surface area (TPSA) is 61.3 Å². The van der Waals surface area contributed by atoms with Gasteiger partial charge in [0.05, 0.1) is 23.4 Å². The molecule has 5 nitrogen and oxygen atoms in total. The maximum Gasteiger partial charge on any atom is 0.302 e. The third kappa shape index (κ3) is 12.6. The van der Waals surface area contributed by atoms with Crippen molar-refractivity contribution in [3.8, 4) is 11.3 Å². The van der Waals surface area contributed by atoms with Crippen LogP contribution in [0.15, 0.2) is 97.3 Å². The van der Waals surface area contributed by atoms with Gasteiger partial charge in [-0.2, -0.15) is 0 Å². The van der Waals surface area contributed by atoms with E-state index in [0.29, 0.717) is 6.61 Å². The summed E-state index contributed by atoms with van der Waals surface area (Å²) < 4.78 is 9.24. The highest BCUT2D eigenvalue weighted by atomic mass is 16.5. The lowest BCUT2D eigenvalue weighted by molar-refractivity contribution is -0.140. The van der Waals surface area contributed by atoms with Crippen LogP contribution in [0.2, 0.25) is 0 Å². The monoisotopic (exact) mass is 616 g/mol. The number of methoxy groups -OCH3 is 1. The van der Waals surface area contributed by atoms with Crippen LogP contribution in [0.1, 0.15) is 111 Å². The zero-order valence-corrected chi connectivity index (χ0v) is 30.2. The van der Waals surface area contributed by atoms with Crippen molar-refractivity contribution in [2.24, 2.45) is 0 Å². The maximum atomic E-state index is 9.98. The Hall–Kier alpha value is -3.83. The van der Waals surface area contributed by atoms with E-state index in [1.54, 1.807) is 19.5 Å². The minimum Gasteiger partial charge on any atom is -0.466 e. The summed E-state index contributed by atoms with van der Waals surface area (Å²) in [6.07, 6.45) is 5.60. The lowest BCUT2D eigenvalue weighted by Crippen LogP contribution is -2.29. The molecule has 0 saturated carbocycles. The fourth-order valence-electron chi connectivity index (χ4n) is 4.53. The van der Waals surface area contributed by atoms with Gasteiger partial charge in [-0.05, 0) is 29.5 Å². The lowest BCUT2D eigenvalue weighted by Gasteiger charge is -2.32. The van der Waals surface area contributed by atoms with Crippen LogP contribution in [0.4, 0.5) is 0 Å². The molecule has 1 aliphatic rings. The minimum atomic E-state index is -0.428. The zero-order valence-electron chi connectivity index (χ0n) is 30.2. The summed E-state index contributed by atoms with van der Waals surface area (Å²) >= 11 is 0. The van der Waals surface area contributed by atoms with Crippen molar-refractivity contribution < 1.29 is 14.3 Å². The quantitative estimate of drug-likeness (QED) is 0.178. The number of benzene rings is 3. The molecule has 5 heteroatoms. The number of rotatable bonds is 6. The highest BCUT2D eigenvalue weighted by molar-refractivity contribution is 5.82. The SMILES string of the molecule is CC.CC.CC.CC.CCCOC.CCCOC(C)=O.c1ccc(C2(c3ccccc3)c3ccccc3-c3nccnc32)cc1. The molecular weight excluding hydrogens is 556 g/mol. The van der Waals surface area contributed by atoms with E-state index in [1.807, 2.05) is 62.3 Å². The van der Waals surface area contributed by atoms with Gasteiger partial charge in [0.25, 0.3) is 0 Å². The predicted molar refractivity (Wildman–Crippen MR) is 194 cm³/mol. The van der Waals surface area contributed by atoms with E-state index >= 15 is 0 Å². The first-order valence-corrected chi connectivity index (χ1v) is 16.8. The Morgan fingerprint density at radius 3 is 1.49 bits per heavy atom. The normalized spacial score (nSPS) is 10.5. The molecule has 0 amide bonds.